The summed E-state index contributed by atoms with van der Waals surface area (Å²) in [7, 11) is 0. The predicted molar refractivity (Wildman–Crippen MR) is 64.2 cm³/mol. The lowest BCUT2D eigenvalue weighted by molar-refractivity contribution is -0.140. The van der Waals surface area contributed by atoms with Crippen molar-refractivity contribution in [2.45, 2.75) is 51.6 Å². The molecule has 0 radical (unpaired) electrons. The van der Waals surface area contributed by atoms with E-state index in [1.165, 1.54) is 0 Å². The van der Waals surface area contributed by atoms with Crippen LogP contribution in [0.15, 0.2) is 0 Å². The van der Waals surface area contributed by atoms with Gasteiger partial charge in [0.05, 0.1) is 0 Å². The Morgan fingerprint density at radius 2 is 2.19 bits per heavy atom. The van der Waals surface area contributed by atoms with Crippen LogP contribution < -0.4 is 11.1 Å². The molecule has 4 nitrogen and oxygen atoms in total. The Hall–Kier alpha value is -0.610. The Morgan fingerprint density at radius 3 is 2.69 bits per heavy atom. The molecule has 16 heavy (non-hydrogen) atoms. The Morgan fingerprint density at radius 1 is 1.50 bits per heavy atom. The van der Waals surface area contributed by atoms with Crippen LogP contribution in [-0.4, -0.2) is 29.7 Å². The maximum Gasteiger partial charge on any atom is 0.320 e. The quantitative estimate of drug-likeness (QED) is 0.638. The van der Waals surface area contributed by atoms with Gasteiger partial charge in [0.15, 0.2) is 0 Å². The molecule has 0 aliphatic heterocycles. The van der Waals surface area contributed by atoms with E-state index in [2.05, 4.69) is 5.32 Å². The largest absolute Gasteiger partial charge is 0.480 e. The molecule has 1 aliphatic rings. The number of carbonyl (C=O) groups is 1. The van der Waals surface area contributed by atoms with Crippen molar-refractivity contribution in [3.8, 4) is 0 Å². The molecule has 1 saturated carbocycles. The SMILES string of the molecule is CC(C)CC(NC1CCCC1CN)C(=O)O. The van der Waals surface area contributed by atoms with Gasteiger partial charge in [0.25, 0.3) is 0 Å². The van der Waals surface area contributed by atoms with Crippen LogP contribution in [0, 0.1) is 11.8 Å². The topological polar surface area (TPSA) is 75.3 Å². The van der Waals surface area contributed by atoms with E-state index in [1.807, 2.05) is 13.8 Å². The van der Waals surface area contributed by atoms with Gasteiger partial charge in [0, 0.05) is 6.04 Å². The van der Waals surface area contributed by atoms with Gasteiger partial charge < -0.3 is 16.2 Å². The fraction of sp³-hybridized carbons (Fsp3) is 0.917. The maximum absolute atomic E-state index is 11.1. The van der Waals surface area contributed by atoms with Crippen LogP contribution in [0.5, 0.6) is 0 Å². The first-order valence-electron chi connectivity index (χ1n) is 6.23. The van der Waals surface area contributed by atoms with E-state index >= 15 is 0 Å². The molecule has 0 spiro atoms. The highest BCUT2D eigenvalue weighted by molar-refractivity contribution is 5.73. The van der Waals surface area contributed by atoms with Gasteiger partial charge in [-0.25, -0.2) is 0 Å². The van der Waals surface area contributed by atoms with Crippen molar-refractivity contribution in [1.82, 2.24) is 5.32 Å². The highest BCUT2D eigenvalue weighted by atomic mass is 16.4. The van der Waals surface area contributed by atoms with Gasteiger partial charge in [0.1, 0.15) is 6.04 Å². The Bertz CT molecular complexity index is 231. The van der Waals surface area contributed by atoms with Crippen molar-refractivity contribution in [3.63, 3.8) is 0 Å². The average molecular weight is 228 g/mol. The highest BCUT2D eigenvalue weighted by Crippen LogP contribution is 2.25. The molecule has 0 amide bonds. The minimum Gasteiger partial charge on any atom is -0.480 e. The maximum atomic E-state index is 11.1. The van der Waals surface area contributed by atoms with Crippen molar-refractivity contribution in [1.29, 1.82) is 0 Å². The van der Waals surface area contributed by atoms with Crippen LogP contribution in [0.1, 0.15) is 39.5 Å². The summed E-state index contributed by atoms with van der Waals surface area (Å²) >= 11 is 0. The molecule has 3 unspecified atom stereocenters. The molecular weight excluding hydrogens is 204 g/mol. The van der Waals surface area contributed by atoms with Crippen molar-refractivity contribution in [2.24, 2.45) is 17.6 Å². The second-order valence-electron chi connectivity index (χ2n) is 5.22. The molecule has 0 aromatic rings. The average Bonchev–Trinajstić information content (AvgIpc) is 2.63. The molecule has 94 valence electrons. The zero-order valence-corrected chi connectivity index (χ0v) is 10.3. The van der Waals surface area contributed by atoms with Crippen LogP contribution >= 0.6 is 0 Å². The van der Waals surface area contributed by atoms with Gasteiger partial charge in [-0.3, -0.25) is 4.79 Å². The minimum atomic E-state index is -0.739. The van der Waals surface area contributed by atoms with Gasteiger partial charge in [0.2, 0.25) is 0 Å². The number of aliphatic carboxylic acids is 1. The monoisotopic (exact) mass is 228 g/mol. The zero-order chi connectivity index (χ0) is 12.1. The Balaban J connectivity index is 2.50. The molecule has 0 bridgehead atoms. The lowest BCUT2D eigenvalue weighted by Gasteiger charge is -2.25. The minimum absolute atomic E-state index is 0.296. The molecule has 0 aromatic heterocycles. The summed E-state index contributed by atoms with van der Waals surface area (Å²) in [5, 5.41) is 12.4. The van der Waals surface area contributed by atoms with Crippen molar-refractivity contribution >= 4 is 5.97 Å². The number of nitrogens with two attached hydrogens (primary N) is 1. The van der Waals surface area contributed by atoms with Crippen LogP contribution in [-0.2, 0) is 4.79 Å². The molecular formula is C12H24N2O2. The van der Waals surface area contributed by atoms with E-state index in [9.17, 15) is 4.79 Å². The first kappa shape index (κ1) is 13.5. The number of hydrogen-bond donors (Lipinski definition) is 3. The Kier molecular flexibility index (Phi) is 5.22. The molecule has 1 fully saturated rings. The van der Waals surface area contributed by atoms with Crippen LogP contribution in [0.4, 0.5) is 0 Å². The third kappa shape index (κ3) is 3.76. The first-order chi connectivity index (χ1) is 7.54. The summed E-state index contributed by atoms with van der Waals surface area (Å²) in [5.74, 6) is 0.108. The summed E-state index contributed by atoms with van der Waals surface area (Å²) < 4.78 is 0. The summed E-state index contributed by atoms with van der Waals surface area (Å²) in [6, 6.07) is -0.123. The van der Waals surface area contributed by atoms with Crippen LogP contribution in [0.25, 0.3) is 0 Å². The number of carboxylic acids is 1. The first-order valence-corrected chi connectivity index (χ1v) is 6.23. The van der Waals surface area contributed by atoms with Gasteiger partial charge in [-0.15, -0.1) is 0 Å². The molecule has 4 heteroatoms. The van der Waals surface area contributed by atoms with Crippen molar-refractivity contribution < 1.29 is 9.90 Å². The second kappa shape index (κ2) is 6.21. The standard InChI is InChI=1S/C12H24N2O2/c1-8(2)6-11(12(15)16)14-10-5-3-4-9(10)7-13/h8-11,14H,3-7,13H2,1-2H3,(H,15,16). The van der Waals surface area contributed by atoms with E-state index in [0.29, 0.717) is 30.8 Å². The summed E-state index contributed by atoms with van der Waals surface area (Å²) in [6.45, 7) is 4.76. The van der Waals surface area contributed by atoms with E-state index in [1.54, 1.807) is 0 Å². The number of rotatable bonds is 6. The van der Waals surface area contributed by atoms with E-state index in [4.69, 9.17) is 10.8 Å². The molecule has 4 N–H and O–H groups in total. The normalized spacial score (nSPS) is 27.2. The van der Waals surface area contributed by atoms with Crippen LogP contribution in [0.2, 0.25) is 0 Å². The highest BCUT2D eigenvalue weighted by Gasteiger charge is 2.30. The number of hydrogen-bond acceptors (Lipinski definition) is 3. The number of nitrogens with one attached hydrogen (secondary N) is 1. The van der Waals surface area contributed by atoms with Crippen molar-refractivity contribution in [3.05, 3.63) is 0 Å². The van der Waals surface area contributed by atoms with Gasteiger partial charge >= 0.3 is 5.97 Å². The van der Waals surface area contributed by atoms with Gasteiger partial charge in [-0.2, -0.15) is 0 Å². The van der Waals surface area contributed by atoms with E-state index < -0.39 is 12.0 Å². The summed E-state index contributed by atoms with van der Waals surface area (Å²) in [5.41, 5.74) is 5.69. The number of carboxylic acid groups (broad SMARTS) is 1. The third-order valence-corrected chi connectivity index (χ3v) is 3.38. The Labute approximate surface area is 97.6 Å². The van der Waals surface area contributed by atoms with E-state index in [0.717, 1.165) is 19.3 Å². The smallest absolute Gasteiger partial charge is 0.320 e. The van der Waals surface area contributed by atoms with Gasteiger partial charge in [-0.05, 0) is 37.6 Å². The van der Waals surface area contributed by atoms with Crippen molar-refractivity contribution in [2.75, 3.05) is 6.54 Å². The van der Waals surface area contributed by atoms with Gasteiger partial charge in [-0.1, -0.05) is 20.3 Å². The fourth-order valence-electron chi connectivity index (χ4n) is 2.51. The molecule has 0 heterocycles. The summed E-state index contributed by atoms with van der Waals surface area (Å²) in [6.07, 6.45) is 4.03. The molecule has 3 atom stereocenters. The summed E-state index contributed by atoms with van der Waals surface area (Å²) in [4.78, 5) is 11.1. The predicted octanol–water partition coefficient (Wildman–Crippen LogP) is 1.20. The zero-order valence-electron chi connectivity index (χ0n) is 10.3. The molecule has 1 rings (SSSR count). The molecule has 0 aromatic carbocycles. The lowest BCUT2D eigenvalue weighted by Crippen LogP contribution is -2.46. The lowest BCUT2D eigenvalue weighted by atomic mass is 9.99. The third-order valence-electron chi connectivity index (χ3n) is 3.38. The second-order valence-corrected chi connectivity index (χ2v) is 5.22. The van der Waals surface area contributed by atoms with E-state index in [-0.39, 0.29) is 0 Å². The van der Waals surface area contributed by atoms with Crippen LogP contribution in [0.3, 0.4) is 0 Å². The fourth-order valence-corrected chi connectivity index (χ4v) is 2.51. The molecule has 1 aliphatic carbocycles. The molecule has 0 saturated heterocycles.